The summed E-state index contributed by atoms with van der Waals surface area (Å²) in [6, 6.07) is 21.1. The summed E-state index contributed by atoms with van der Waals surface area (Å²) in [6.07, 6.45) is 0.318. The van der Waals surface area contributed by atoms with Crippen molar-refractivity contribution in [1.82, 2.24) is 0 Å². The molecule has 0 amide bonds. The van der Waals surface area contributed by atoms with Gasteiger partial charge in [-0.15, -0.1) is 0 Å². The highest BCUT2D eigenvalue weighted by Crippen LogP contribution is 2.37. The summed E-state index contributed by atoms with van der Waals surface area (Å²) in [6.45, 7) is 9.26. The molecule has 0 saturated carbocycles. The molecule has 1 saturated heterocycles. The van der Waals surface area contributed by atoms with Crippen molar-refractivity contribution in [3.8, 4) is 0 Å². The highest BCUT2D eigenvalue weighted by Gasteiger charge is 2.51. The van der Waals surface area contributed by atoms with E-state index >= 15 is 0 Å². The Morgan fingerprint density at radius 2 is 1.50 bits per heavy atom. The van der Waals surface area contributed by atoms with Gasteiger partial charge in [0.25, 0.3) is 8.32 Å². The summed E-state index contributed by atoms with van der Waals surface area (Å²) >= 11 is 0. The van der Waals surface area contributed by atoms with Gasteiger partial charge in [-0.3, -0.25) is 4.79 Å². The van der Waals surface area contributed by atoms with Crippen LogP contribution in [0.25, 0.3) is 0 Å². The van der Waals surface area contributed by atoms with E-state index < -0.39 is 8.32 Å². The van der Waals surface area contributed by atoms with Crippen molar-refractivity contribution in [2.24, 2.45) is 5.92 Å². The molecule has 2 aromatic rings. The summed E-state index contributed by atoms with van der Waals surface area (Å²) < 4.78 is 12.3. The largest absolute Gasteiger partial charge is 0.460 e. The fraction of sp³-hybridized carbons (Fsp3) is 0.409. The molecule has 1 aliphatic rings. The summed E-state index contributed by atoms with van der Waals surface area (Å²) in [5.74, 6) is 0.0780. The van der Waals surface area contributed by atoms with Crippen LogP contribution >= 0.6 is 0 Å². The molecule has 1 aliphatic heterocycles. The standard InChI is InChI=1S/C22H28O3Si/c1-17-15-21(23)25-20(17)16-24-26(22(2,3)4,18-11-7-5-8-12-18)19-13-9-6-10-14-19/h5-14,17,20H,15-16H2,1-4H3/t17-,20-/m1/s1. The Kier molecular flexibility index (Phi) is 5.35. The zero-order valence-electron chi connectivity index (χ0n) is 16.1. The third kappa shape index (κ3) is 3.48. The molecule has 0 N–H and O–H groups in total. The monoisotopic (exact) mass is 368 g/mol. The van der Waals surface area contributed by atoms with E-state index in [0.29, 0.717) is 13.0 Å². The van der Waals surface area contributed by atoms with Gasteiger partial charge in [0.2, 0.25) is 0 Å². The molecule has 1 fully saturated rings. The summed E-state index contributed by atoms with van der Waals surface area (Å²) in [4.78, 5) is 11.7. The van der Waals surface area contributed by atoms with Gasteiger partial charge in [0.05, 0.1) is 13.0 Å². The van der Waals surface area contributed by atoms with E-state index in [1.54, 1.807) is 0 Å². The molecule has 0 bridgehead atoms. The van der Waals surface area contributed by atoms with E-state index in [1.807, 2.05) is 12.1 Å². The van der Waals surface area contributed by atoms with Crippen molar-refractivity contribution < 1.29 is 14.0 Å². The van der Waals surface area contributed by atoms with Crippen LogP contribution in [0.4, 0.5) is 0 Å². The molecule has 4 heteroatoms. The number of esters is 1. The first-order chi connectivity index (χ1) is 12.3. The van der Waals surface area contributed by atoms with Crippen molar-refractivity contribution in [3.05, 3.63) is 60.7 Å². The Bertz CT molecular complexity index is 697. The van der Waals surface area contributed by atoms with Gasteiger partial charge in [0.15, 0.2) is 0 Å². The summed E-state index contributed by atoms with van der Waals surface area (Å²) in [5, 5.41) is 2.42. The second kappa shape index (κ2) is 7.37. The third-order valence-electron chi connectivity index (χ3n) is 5.29. The first-order valence-corrected chi connectivity index (χ1v) is 11.2. The normalized spacial score (nSPS) is 20.8. The van der Waals surface area contributed by atoms with Crippen LogP contribution in [0.5, 0.6) is 0 Å². The lowest BCUT2D eigenvalue weighted by molar-refractivity contribution is -0.142. The Morgan fingerprint density at radius 3 is 1.88 bits per heavy atom. The predicted octanol–water partition coefficient (Wildman–Crippen LogP) is 3.51. The van der Waals surface area contributed by atoms with Crippen LogP contribution in [0.3, 0.4) is 0 Å². The maximum absolute atomic E-state index is 11.7. The zero-order valence-corrected chi connectivity index (χ0v) is 17.1. The SMILES string of the molecule is C[C@@H]1CC(=O)O[C@@H]1CO[Si](c1ccccc1)(c1ccccc1)C(C)(C)C. The van der Waals surface area contributed by atoms with Gasteiger partial charge >= 0.3 is 5.97 Å². The first-order valence-electron chi connectivity index (χ1n) is 9.29. The maximum Gasteiger partial charge on any atom is 0.306 e. The molecule has 0 spiro atoms. The molecule has 0 aliphatic carbocycles. The molecule has 2 atom stereocenters. The molecule has 138 valence electrons. The Balaban J connectivity index is 2.04. The molecule has 1 heterocycles. The number of carbonyl (C=O) groups is 1. The Hall–Kier alpha value is -1.91. The number of benzene rings is 2. The highest BCUT2D eigenvalue weighted by molar-refractivity contribution is 6.99. The zero-order chi connectivity index (χ0) is 18.8. The van der Waals surface area contributed by atoms with Crippen molar-refractivity contribution in [2.45, 2.75) is 45.3 Å². The first kappa shape index (κ1) is 18.9. The Morgan fingerprint density at radius 1 is 1.00 bits per heavy atom. The van der Waals surface area contributed by atoms with Crippen molar-refractivity contribution in [1.29, 1.82) is 0 Å². The van der Waals surface area contributed by atoms with Crippen molar-refractivity contribution >= 4 is 24.7 Å². The van der Waals surface area contributed by atoms with Gasteiger partial charge in [0, 0.05) is 5.92 Å². The molecule has 3 nitrogen and oxygen atoms in total. The maximum atomic E-state index is 11.7. The van der Waals surface area contributed by atoms with Crippen molar-refractivity contribution in [3.63, 3.8) is 0 Å². The number of carbonyl (C=O) groups excluding carboxylic acids is 1. The molecule has 2 aromatic carbocycles. The van der Waals surface area contributed by atoms with Gasteiger partial charge in [-0.1, -0.05) is 88.4 Å². The smallest absolute Gasteiger partial charge is 0.306 e. The second-order valence-corrected chi connectivity index (χ2v) is 12.5. The van der Waals surface area contributed by atoms with Gasteiger partial charge in [-0.2, -0.15) is 0 Å². The van der Waals surface area contributed by atoms with E-state index in [1.165, 1.54) is 10.4 Å². The molecule has 0 aromatic heterocycles. The van der Waals surface area contributed by atoms with Crippen LogP contribution < -0.4 is 10.4 Å². The summed E-state index contributed by atoms with van der Waals surface area (Å²) in [5.41, 5.74) is 0. The molecule has 26 heavy (non-hydrogen) atoms. The van der Waals surface area contributed by atoms with E-state index in [9.17, 15) is 4.79 Å². The molecule has 0 radical (unpaired) electrons. The summed E-state index contributed by atoms with van der Waals surface area (Å²) in [7, 11) is -2.56. The molecular formula is C22H28O3Si. The van der Waals surface area contributed by atoms with Crippen molar-refractivity contribution in [2.75, 3.05) is 6.61 Å². The number of ether oxygens (including phenoxy) is 1. The average molecular weight is 369 g/mol. The fourth-order valence-electron chi connectivity index (χ4n) is 3.89. The van der Waals surface area contributed by atoms with E-state index in [4.69, 9.17) is 9.16 Å². The van der Waals surface area contributed by atoms with E-state index in [2.05, 4.69) is 76.2 Å². The minimum Gasteiger partial charge on any atom is -0.460 e. The molecule has 3 rings (SSSR count). The van der Waals surface area contributed by atoms with E-state index in [0.717, 1.165) is 0 Å². The van der Waals surface area contributed by atoms with E-state index in [-0.39, 0.29) is 23.0 Å². The quantitative estimate of drug-likeness (QED) is 0.598. The lowest BCUT2D eigenvalue weighted by Crippen LogP contribution is -2.67. The second-order valence-electron chi connectivity index (χ2n) is 8.18. The van der Waals surface area contributed by atoms with Gasteiger partial charge in [0.1, 0.15) is 6.10 Å². The number of cyclic esters (lactones) is 1. The highest BCUT2D eigenvalue weighted by atomic mass is 28.4. The van der Waals surface area contributed by atoms with Crippen LogP contribution in [-0.2, 0) is 14.0 Å². The van der Waals surface area contributed by atoms with Crippen LogP contribution in [0.1, 0.15) is 34.1 Å². The lowest BCUT2D eigenvalue weighted by Gasteiger charge is -2.43. The topological polar surface area (TPSA) is 35.5 Å². The van der Waals surface area contributed by atoms with Gasteiger partial charge < -0.3 is 9.16 Å². The van der Waals surface area contributed by atoms with Crippen LogP contribution in [0.15, 0.2) is 60.7 Å². The van der Waals surface area contributed by atoms with Crippen LogP contribution in [-0.4, -0.2) is 27.0 Å². The average Bonchev–Trinajstić information content (AvgIpc) is 2.94. The Labute approximate surface area is 157 Å². The third-order valence-corrected chi connectivity index (χ3v) is 10.3. The minimum atomic E-state index is -2.56. The fourth-order valence-corrected chi connectivity index (χ4v) is 8.46. The molecule has 0 unspecified atom stereocenters. The van der Waals surface area contributed by atoms with Crippen LogP contribution in [0, 0.1) is 5.92 Å². The molecular weight excluding hydrogens is 340 g/mol. The number of hydrogen-bond donors (Lipinski definition) is 0. The minimum absolute atomic E-state index is 0.0679. The van der Waals surface area contributed by atoms with Gasteiger partial charge in [-0.05, 0) is 15.4 Å². The number of hydrogen-bond acceptors (Lipinski definition) is 3. The van der Waals surface area contributed by atoms with Crippen LogP contribution in [0.2, 0.25) is 5.04 Å². The van der Waals surface area contributed by atoms with Gasteiger partial charge in [-0.25, -0.2) is 0 Å². The number of rotatable bonds is 5. The predicted molar refractivity (Wildman–Crippen MR) is 107 cm³/mol. The lowest BCUT2D eigenvalue weighted by atomic mass is 10.1.